The topological polar surface area (TPSA) is 81.7 Å². The average molecular weight is 446 g/mol. The fourth-order valence-electron chi connectivity index (χ4n) is 3.30. The van der Waals surface area contributed by atoms with Crippen LogP contribution < -0.4 is 10.1 Å². The number of rotatable bonds is 10. The first kappa shape index (κ1) is 23.7. The van der Waals surface area contributed by atoms with Gasteiger partial charge in [-0.2, -0.15) is 0 Å². The first-order chi connectivity index (χ1) is 15.9. The predicted octanol–water partition coefficient (Wildman–Crippen LogP) is 4.79. The van der Waals surface area contributed by atoms with E-state index in [1.165, 1.54) is 0 Å². The second kappa shape index (κ2) is 11.1. The number of ether oxygens (including phenoxy) is 2. The fourth-order valence-corrected chi connectivity index (χ4v) is 3.30. The summed E-state index contributed by atoms with van der Waals surface area (Å²) in [6.45, 7) is 3.44. The summed E-state index contributed by atoms with van der Waals surface area (Å²) in [5.41, 5.74) is 3.59. The molecule has 6 heteroatoms. The molecule has 0 aliphatic heterocycles. The van der Waals surface area contributed by atoms with Gasteiger partial charge in [-0.3, -0.25) is 9.59 Å². The van der Waals surface area contributed by atoms with Crippen LogP contribution >= 0.6 is 0 Å². The molecule has 3 aromatic rings. The summed E-state index contributed by atoms with van der Waals surface area (Å²) >= 11 is 0. The lowest BCUT2D eigenvalue weighted by Crippen LogP contribution is -2.35. The standard InChI is InChI=1S/C27H27NO5/c1-18-9-10-19(2)23(15-18)28-24(16-25(29)20-7-5-4-6-8-20)27(31)33-17-26(30)21-11-13-22(32-3)14-12-21/h4-15,24,28H,16-17H2,1-3H3. The molecule has 3 aromatic carbocycles. The number of esters is 1. The number of carbonyl (C=O) groups excluding carboxylic acids is 3. The molecule has 0 aliphatic rings. The van der Waals surface area contributed by atoms with Gasteiger partial charge >= 0.3 is 5.97 Å². The maximum atomic E-state index is 12.9. The lowest BCUT2D eigenvalue weighted by Gasteiger charge is -2.20. The van der Waals surface area contributed by atoms with Crippen LogP contribution in [0.3, 0.4) is 0 Å². The molecule has 0 bridgehead atoms. The third-order valence-electron chi connectivity index (χ3n) is 5.25. The molecular formula is C27H27NO5. The molecule has 0 spiro atoms. The van der Waals surface area contributed by atoms with Crippen molar-refractivity contribution in [2.45, 2.75) is 26.3 Å². The van der Waals surface area contributed by atoms with Crippen molar-refractivity contribution in [3.05, 3.63) is 95.1 Å². The lowest BCUT2D eigenvalue weighted by atomic mass is 10.0. The van der Waals surface area contributed by atoms with E-state index in [1.807, 2.05) is 38.1 Å². The van der Waals surface area contributed by atoms with Crippen molar-refractivity contribution >= 4 is 23.2 Å². The molecule has 33 heavy (non-hydrogen) atoms. The minimum Gasteiger partial charge on any atom is -0.497 e. The Morgan fingerprint density at radius 2 is 1.52 bits per heavy atom. The molecule has 0 radical (unpaired) electrons. The van der Waals surface area contributed by atoms with Crippen molar-refractivity contribution in [2.24, 2.45) is 0 Å². The van der Waals surface area contributed by atoms with Crippen molar-refractivity contribution in [2.75, 3.05) is 19.0 Å². The molecule has 1 unspecified atom stereocenters. The van der Waals surface area contributed by atoms with Crippen LogP contribution in [0.5, 0.6) is 5.75 Å². The smallest absolute Gasteiger partial charge is 0.329 e. The van der Waals surface area contributed by atoms with Crippen molar-refractivity contribution in [3.8, 4) is 5.75 Å². The van der Waals surface area contributed by atoms with Gasteiger partial charge in [-0.25, -0.2) is 4.79 Å². The molecule has 0 heterocycles. The summed E-state index contributed by atoms with van der Waals surface area (Å²) in [5, 5.41) is 3.14. The van der Waals surface area contributed by atoms with Crippen LogP contribution in [0.15, 0.2) is 72.8 Å². The van der Waals surface area contributed by atoms with Crippen LogP contribution in [0.2, 0.25) is 0 Å². The van der Waals surface area contributed by atoms with Crippen LogP contribution in [-0.2, 0) is 9.53 Å². The van der Waals surface area contributed by atoms with E-state index in [0.29, 0.717) is 16.9 Å². The number of benzene rings is 3. The summed E-state index contributed by atoms with van der Waals surface area (Å²) in [7, 11) is 1.54. The van der Waals surface area contributed by atoms with Gasteiger partial charge in [0, 0.05) is 23.2 Å². The van der Waals surface area contributed by atoms with E-state index in [4.69, 9.17) is 9.47 Å². The highest BCUT2D eigenvalue weighted by molar-refractivity contribution is 6.01. The van der Waals surface area contributed by atoms with Crippen LogP contribution in [0, 0.1) is 13.8 Å². The van der Waals surface area contributed by atoms with Crippen LogP contribution in [0.1, 0.15) is 38.3 Å². The second-order valence-electron chi connectivity index (χ2n) is 7.77. The van der Waals surface area contributed by atoms with Crippen LogP contribution in [0.4, 0.5) is 5.69 Å². The summed E-state index contributed by atoms with van der Waals surface area (Å²) in [4.78, 5) is 38.2. The largest absolute Gasteiger partial charge is 0.497 e. The molecule has 0 fully saturated rings. The van der Waals surface area contributed by atoms with E-state index in [9.17, 15) is 14.4 Å². The summed E-state index contributed by atoms with van der Waals surface area (Å²) in [5.74, 6) is -0.578. The molecule has 6 nitrogen and oxygen atoms in total. The third kappa shape index (κ3) is 6.53. The average Bonchev–Trinajstić information content (AvgIpc) is 2.84. The number of anilines is 1. The number of nitrogens with one attached hydrogen (secondary N) is 1. The Morgan fingerprint density at radius 1 is 0.848 bits per heavy atom. The van der Waals surface area contributed by atoms with Gasteiger partial charge in [-0.05, 0) is 55.3 Å². The maximum Gasteiger partial charge on any atom is 0.329 e. The molecule has 0 aliphatic carbocycles. The maximum absolute atomic E-state index is 12.9. The molecule has 1 atom stereocenters. The van der Waals surface area contributed by atoms with Gasteiger partial charge < -0.3 is 14.8 Å². The van der Waals surface area contributed by atoms with E-state index in [0.717, 1.165) is 16.8 Å². The van der Waals surface area contributed by atoms with Gasteiger partial charge in [0.1, 0.15) is 11.8 Å². The van der Waals surface area contributed by atoms with Gasteiger partial charge in [0.05, 0.1) is 7.11 Å². The van der Waals surface area contributed by atoms with Gasteiger partial charge in [0.25, 0.3) is 0 Å². The van der Waals surface area contributed by atoms with Crippen molar-refractivity contribution < 1.29 is 23.9 Å². The SMILES string of the molecule is COc1ccc(C(=O)COC(=O)C(CC(=O)c2ccccc2)Nc2cc(C)ccc2C)cc1. The van der Waals surface area contributed by atoms with E-state index in [2.05, 4.69) is 5.32 Å². The highest BCUT2D eigenvalue weighted by atomic mass is 16.5. The Bertz CT molecular complexity index is 1120. The van der Waals surface area contributed by atoms with Crippen molar-refractivity contribution in [1.82, 2.24) is 0 Å². The van der Waals surface area contributed by atoms with E-state index in [-0.39, 0.29) is 18.0 Å². The minimum atomic E-state index is -0.943. The number of aryl methyl sites for hydroxylation is 2. The number of carbonyl (C=O) groups is 3. The zero-order valence-corrected chi connectivity index (χ0v) is 19.0. The monoisotopic (exact) mass is 445 g/mol. The van der Waals surface area contributed by atoms with Gasteiger partial charge in [-0.1, -0.05) is 42.5 Å². The predicted molar refractivity (Wildman–Crippen MR) is 127 cm³/mol. The van der Waals surface area contributed by atoms with E-state index >= 15 is 0 Å². The van der Waals surface area contributed by atoms with Crippen LogP contribution in [-0.4, -0.2) is 37.3 Å². The first-order valence-electron chi connectivity index (χ1n) is 10.6. The van der Waals surface area contributed by atoms with E-state index < -0.39 is 18.6 Å². The number of ketones is 2. The molecule has 170 valence electrons. The summed E-state index contributed by atoms with van der Waals surface area (Å²) < 4.78 is 10.4. The number of methoxy groups -OCH3 is 1. The normalized spacial score (nSPS) is 11.4. The molecule has 0 saturated carbocycles. The highest BCUT2D eigenvalue weighted by Gasteiger charge is 2.25. The molecule has 0 saturated heterocycles. The lowest BCUT2D eigenvalue weighted by molar-refractivity contribution is -0.143. The number of Topliss-reactive ketones (excluding diaryl/α,β-unsaturated/α-hetero) is 2. The van der Waals surface area contributed by atoms with Crippen molar-refractivity contribution in [3.63, 3.8) is 0 Å². The van der Waals surface area contributed by atoms with Crippen LogP contribution in [0.25, 0.3) is 0 Å². The quantitative estimate of drug-likeness (QED) is 0.357. The second-order valence-corrected chi connectivity index (χ2v) is 7.77. The van der Waals surface area contributed by atoms with Gasteiger partial charge in [0.15, 0.2) is 18.2 Å². The van der Waals surface area contributed by atoms with Gasteiger partial charge in [-0.15, -0.1) is 0 Å². The van der Waals surface area contributed by atoms with E-state index in [1.54, 1.807) is 55.6 Å². The Hall–Kier alpha value is -3.93. The van der Waals surface area contributed by atoms with Crippen molar-refractivity contribution in [1.29, 1.82) is 0 Å². The third-order valence-corrected chi connectivity index (χ3v) is 5.25. The Balaban J connectivity index is 1.73. The fraction of sp³-hybridized carbons (Fsp3) is 0.222. The summed E-state index contributed by atoms with van der Waals surface area (Å²) in [6.07, 6.45) is -0.104. The Labute approximate surface area is 193 Å². The Kier molecular flexibility index (Phi) is 7.97. The highest BCUT2D eigenvalue weighted by Crippen LogP contribution is 2.20. The molecule has 0 aromatic heterocycles. The number of hydrogen-bond acceptors (Lipinski definition) is 6. The molecule has 0 amide bonds. The first-order valence-corrected chi connectivity index (χ1v) is 10.6. The molecule has 1 N–H and O–H groups in total. The number of hydrogen-bond donors (Lipinski definition) is 1. The summed E-state index contributed by atoms with van der Waals surface area (Å²) in [6, 6.07) is 20.2. The zero-order chi connectivity index (χ0) is 23.8. The van der Waals surface area contributed by atoms with Gasteiger partial charge in [0.2, 0.25) is 0 Å². The minimum absolute atomic E-state index is 0.104. The molecule has 3 rings (SSSR count). The zero-order valence-electron chi connectivity index (χ0n) is 19.0. The molecular weight excluding hydrogens is 418 g/mol. The Morgan fingerprint density at radius 3 is 2.18 bits per heavy atom.